The van der Waals surface area contributed by atoms with Crippen molar-refractivity contribution in [2.75, 3.05) is 12.3 Å². The van der Waals surface area contributed by atoms with Crippen LogP contribution in [-0.2, 0) is 11.3 Å². The maximum absolute atomic E-state index is 14.3. The minimum Gasteiger partial charge on any atom is -0.508 e. The zero-order valence-corrected chi connectivity index (χ0v) is 15.7. The van der Waals surface area contributed by atoms with Crippen molar-refractivity contribution < 1.29 is 15.7 Å². The van der Waals surface area contributed by atoms with Crippen LogP contribution in [0.15, 0.2) is 36.7 Å². The predicted molar refractivity (Wildman–Crippen MR) is 106 cm³/mol. The molecule has 4 N–H and O–H groups in total. The van der Waals surface area contributed by atoms with E-state index in [2.05, 4.69) is 15.3 Å². The van der Waals surface area contributed by atoms with Crippen molar-refractivity contribution in [2.45, 2.75) is 19.5 Å². The largest absolute Gasteiger partial charge is 0.508 e. The van der Waals surface area contributed by atoms with Gasteiger partial charge in [0.05, 0.1) is 22.3 Å². The maximum Gasteiger partial charge on any atom is 0.234 e. The predicted octanol–water partition coefficient (Wildman–Crippen LogP) is 3.18. The molecule has 0 bridgehead atoms. The van der Waals surface area contributed by atoms with Crippen LogP contribution in [0.2, 0.25) is 5.02 Å². The third-order valence-corrected chi connectivity index (χ3v) is 4.67. The molecular weight excluding hydrogens is 385 g/mol. The third kappa shape index (κ3) is 3.97. The summed E-state index contributed by atoms with van der Waals surface area (Å²) < 4.78 is 21.9. The molecule has 0 saturated heterocycles. The number of benzene rings is 2. The van der Waals surface area contributed by atoms with Crippen molar-refractivity contribution in [3.05, 3.63) is 53.1 Å². The van der Waals surface area contributed by atoms with Crippen LogP contribution in [0.5, 0.6) is 5.75 Å². The molecule has 1 heterocycles. The van der Waals surface area contributed by atoms with Crippen molar-refractivity contribution in [3.63, 3.8) is 0 Å². The van der Waals surface area contributed by atoms with Crippen LogP contribution >= 0.6 is 11.6 Å². The number of carbonyl (C=O) groups excluding carboxylic acids is 1. The van der Waals surface area contributed by atoms with Gasteiger partial charge in [0.25, 0.3) is 0 Å². The van der Waals surface area contributed by atoms with Gasteiger partial charge in [-0.3, -0.25) is 9.69 Å². The Labute approximate surface area is 167 Å². The lowest BCUT2D eigenvalue weighted by Crippen LogP contribution is -2.39. The van der Waals surface area contributed by atoms with Crippen molar-refractivity contribution >= 4 is 39.9 Å². The highest BCUT2D eigenvalue weighted by molar-refractivity contribution is 6.31. The Balaban J connectivity index is 2.02. The van der Waals surface area contributed by atoms with E-state index in [1.807, 2.05) is 0 Å². The molecular formula is C19H19ClFN5O2. The van der Waals surface area contributed by atoms with E-state index in [-0.39, 0.29) is 30.0 Å². The van der Waals surface area contributed by atoms with E-state index < -0.39 is 17.8 Å². The molecule has 2 aromatic carbocycles. The summed E-state index contributed by atoms with van der Waals surface area (Å²) in [6, 6.07) is 6.95. The topological polar surface area (TPSA) is 104 Å². The Morgan fingerprint density at radius 3 is 2.96 bits per heavy atom. The second-order valence-electron chi connectivity index (χ2n) is 6.27. The Morgan fingerprint density at radius 1 is 1.46 bits per heavy atom. The number of rotatable bonds is 6. The molecule has 146 valence electrons. The summed E-state index contributed by atoms with van der Waals surface area (Å²) in [7, 11) is -0.189. The molecule has 1 atom stereocenters. The number of primary amides is 1. The fourth-order valence-corrected chi connectivity index (χ4v) is 2.80. The van der Waals surface area contributed by atoms with E-state index in [1.165, 1.54) is 29.4 Å². The van der Waals surface area contributed by atoms with Crippen LogP contribution in [-0.4, -0.2) is 38.9 Å². The van der Waals surface area contributed by atoms with E-state index in [0.717, 1.165) is 0 Å². The molecule has 0 spiro atoms. The van der Waals surface area contributed by atoms with E-state index in [1.54, 1.807) is 19.1 Å². The van der Waals surface area contributed by atoms with Crippen LogP contribution in [0.4, 0.5) is 15.9 Å². The van der Waals surface area contributed by atoms with Crippen molar-refractivity contribution in [1.29, 1.82) is 0 Å². The van der Waals surface area contributed by atoms with Crippen LogP contribution < -0.4 is 11.1 Å². The van der Waals surface area contributed by atoms with Gasteiger partial charge < -0.3 is 16.2 Å². The number of hydrogen-bond donors (Lipinski definition) is 3. The van der Waals surface area contributed by atoms with Gasteiger partial charge in [0.2, 0.25) is 5.91 Å². The van der Waals surface area contributed by atoms with Gasteiger partial charge in [-0.1, -0.05) is 17.7 Å². The molecule has 9 heteroatoms. The van der Waals surface area contributed by atoms with Gasteiger partial charge >= 0.3 is 0 Å². The number of likely N-dealkylation sites (N-methyl/N-ethyl adjacent to an activating group) is 1. The number of nitrogens with two attached hydrogens (primary N) is 1. The summed E-state index contributed by atoms with van der Waals surface area (Å²) in [5.41, 5.74) is 6.35. The number of fused-ring (bicyclic) bond motifs is 1. The quantitative estimate of drug-likeness (QED) is 0.583. The Kier molecular flexibility index (Phi) is 5.23. The number of carbonyl (C=O) groups is 1. The highest BCUT2D eigenvalue weighted by Gasteiger charge is 2.18. The SMILES string of the molecule is [2H]CN(Cc1cc2c(Nc3cccc(Cl)c3F)ncnc2cc1O)[C@@H](C)C(N)=O. The molecule has 0 unspecified atom stereocenters. The fourth-order valence-electron chi connectivity index (χ4n) is 2.63. The van der Waals surface area contributed by atoms with Gasteiger partial charge in [-0.2, -0.15) is 0 Å². The normalized spacial score (nSPS) is 12.8. The number of halogens is 2. The second-order valence-corrected chi connectivity index (χ2v) is 6.68. The number of aromatic nitrogens is 2. The van der Waals surface area contributed by atoms with Crippen LogP contribution in [0.3, 0.4) is 0 Å². The minimum absolute atomic E-state index is 0.0294. The Hall–Kier alpha value is -2.97. The molecule has 0 aliphatic heterocycles. The average molecular weight is 405 g/mol. The highest BCUT2D eigenvalue weighted by Crippen LogP contribution is 2.31. The van der Waals surface area contributed by atoms with Gasteiger partial charge in [0.1, 0.15) is 17.9 Å². The lowest BCUT2D eigenvalue weighted by atomic mass is 10.1. The number of hydrogen-bond acceptors (Lipinski definition) is 6. The maximum atomic E-state index is 14.3. The molecule has 28 heavy (non-hydrogen) atoms. The summed E-state index contributed by atoms with van der Waals surface area (Å²) in [5.74, 6) is -0.917. The zero-order valence-electron chi connectivity index (χ0n) is 16.0. The van der Waals surface area contributed by atoms with E-state index in [4.69, 9.17) is 18.7 Å². The fraction of sp³-hybridized carbons (Fsp3) is 0.211. The van der Waals surface area contributed by atoms with Crippen molar-refractivity contribution in [2.24, 2.45) is 5.73 Å². The van der Waals surface area contributed by atoms with E-state index in [9.17, 15) is 14.3 Å². The van der Waals surface area contributed by atoms with Crippen molar-refractivity contribution in [3.8, 4) is 5.75 Å². The number of phenols is 1. The second kappa shape index (κ2) is 7.95. The van der Waals surface area contributed by atoms with Crippen LogP contribution in [0.1, 0.15) is 13.9 Å². The zero-order chi connectivity index (χ0) is 21.1. The molecule has 0 aliphatic carbocycles. The van der Waals surface area contributed by atoms with Gasteiger partial charge in [-0.15, -0.1) is 0 Å². The Morgan fingerprint density at radius 2 is 2.25 bits per heavy atom. The number of amides is 1. The molecule has 0 saturated carbocycles. The summed E-state index contributed by atoms with van der Waals surface area (Å²) in [6.07, 6.45) is 1.29. The Bertz CT molecular complexity index is 1070. The molecule has 0 fully saturated rings. The summed E-state index contributed by atoms with van der Waals surface area (Å²) in [4.78, 5) is 21.3. The lowest BCUT2D eigenvalue weighted by molar-refractivity contribution is -0.122. The molecule has 1 aromatic heterocycles. The number of nitrogens with zero attached hydrogens (tertiary/aromatic N) is 3. The number of aromatic hydroxyl groups is 1. The standard InChI is InChI=1S/C19H19ClFN5O2/c1-10(18(22)28)26(2)8-11-6-12-15(7-16(11)27)23-9-24-19(12)25-14-5-3-4-13(20)17(14)21/h3-7,9-10,27H,8H2,1-2H3,(H2,22,28)(H,23,24,25)/t10-/m0/s1/i2D. The number of anilines is 2. The minimum atomic E-state index is -0.687. The molecule has 7 nitrogen and oxygen atoms in total. The molecule has 3 rings (SSSR count). The van der Waals surface area contributed by atoms with Gasteiger partial charge in [-0.25, -0.2) is 14.4 Å². The first-order valence-electron chi connectivity index (χ1n) is 9.02. The first kappa shape index (κ1) is 18.4. The summed E-state index contributed by atoms with van der Waals surface area (Å²) >= 11 is 5.83. The summed E-state index contributed by atoms with van der Waals surface area (Å²) in [5, 5.41) is 13.8. The van der Waals surface area contributed by atoms with Gasteiger partial charge in [-0.05, 0) is 32.1 Å². The van der Waals surface area contributed by atoms with E-state index in [0.29, 0.717) is 22.3 Å². The van der Waals surface area contributed by atoms with E-state index >= 15 is 0 Å². The van der Waals surface area contributed by atoms with Gasteiger partial charge in [0.15, 0.2) is 5.82 Å². The molecule has 0 radical (unpaired) electrons. The number of nitrogens with one attached hydrogen (secondary N) is 1. The smallest absolute Gasteiger partial charge is 0.234 e. The van der Waals surface area contributed by atoms with Crippen LogP contribution in [0, 0.1) is 5.82 Å². The lowest BCUT2D eigenvalue weighted by Gasteiger charge is -2.22. The number of phenolic OH excluding ortho intramolecular Hbond substituents is 1. The average Bonchev–Trinajstić information content (AvgIpc) is 2.69. The first-order chi connectivity index (χ1) is 13.8. The van der Waals surface area contributed by atoms with Crippen LogP contribution in [0.25, 0.3) is 10.9 Å². The monoisotopic (exact) mass is 404 g/mol. The molecule has 3 aromatic rings. The molecule has 0 aliphatic rings. The molecule has 1 amide bonds. The first-order valence-corrected chi connectivity index (χ1v) is 8.69. The van der Waals surface area contributed by atoms with Gasteiger partial charge in [0, 0.05) is 24.9 Å². The summed E-state index contributed by atoms with van der Waals surface area (Å²) in [6.45, 7) is 1.70. The highest BCUT2D eigenvalue weighted by atomic mass is 35.5. The van der Waals surface area contributed by atoms with Crippen molar-refractivity contribution in [1.82, 2.24) is 14.9 Å². The third-order valence-electron chi connectivity index (χ3n) is 4.37.